The van der Waals surface area contributed by atoms with Crippen molar-refractivity contribution in [2.24, 2.45) is 11.8 Å². The van der Waals surface area contributed by atoms with Crippen LogP contribution < -0.4 is 10.6 Å². The lowest BCUT2D eigenvalue weighted by Gasteiger charge is -2.24. The number of fused-ring (bicyclic) bond motifs is 2. The highest BCUT2D eigenvalue weighted by Crippen LogP contribution is 2.44. The van der Waals surface area contributed by atoms with E-state index < -0.39 is 29.8 Å². The number of rotatable bonds is 6. The van der Waals surface area contributed by atoms with E-state index in [1.807, 2.05) is 6.92 Å². The molecule has 3 aliphatic rings. The number of nitrogens with one attached hydrogen (secondary N) is 2. The van der Waals surface area contributed by atoms with Gasteiger partial charge in [-0.1, -0.05) is 19.3 Å². The molecule has 2 bridgehead atoms. The number of nitrogens with zero attached hydrogens (tertiary/aromatic N) is 2. The van der Waals surface area contributed by atoms with Crippen LogP contribution in [-0.2, 0) is 20.9 Å². The quantitative estimate of drug-likeness (QED) is 0.664. The molecule has 1 aromatic rings. The van der Waals surface area contributed by atoms with E-state index in [0.29, 0.717) is 25.1 Å². The number of hydrogen-bond donors (Lipinski definition) is 3. The first kappa shape index (κ1) is 19.9. The molecule has 0 aromatic carbocycles. The summed E-state index contributed by atoms with van der Waals surface area (Å²) in [5.41, 5.74) is 0.485. The Balaban J connectivity index is 1.50. The van der Waals surface area contributed by atoms with Crippen molar-refractivity contribution in [1.29, 1.82) is 0 Å². The second-order valence-electron chi connectivity index (χ2n) is 8.22. The molecule has 0 radical (unpaired) electrons. The normalized spacial score (nSPS) is 29.0. The number of hydrogen-bond acceptors (Lipinski definition) is 5. The van der Waals surface area contributed by atoms with Crippen LogP contribution in [0.2, 0.25) is 0 Å². The second-order valence-corrected chi connectivity index (χ2v) is 8.22. The van der Waals surface area contributed by atoms with Crippen LogP contribution in [0.15, 0.2) is 6.20 Å². The molecule has 158 valence electrons. The second kappa shape index (κ2) is 8.14. The average Bonchev–Trinajstić information content (AvgIpc) is 3.42. The van der Waals surface area contributed by atoms with Crippen molar-refractivity contribution in [3.8, 4) is 0 Å². The third kappa shape index (κ3) is 3.88. The minimum absolute atomic E-state index is 0.127. The molecular formula is C20H28N4O5. The number of aryl methyl sites for hydroxylation is 1. The van der Waals surface area contributed by atoms with Crippen molar-refractivity contribution in [2.45, 2.75) is 76.7 Å². The van der Waals surface area contributed by atoms with Gasteiger partial charge in [0.25, 0.3) is 5.91 Å². The standard InChI is InChI=1S/C20H28N4O5/c1-2-24-10-12(17(23-24)19(26)21-11-6-4-3-5-7-11)22-18(25)15-13-8-9-14(29-13)16(15)20(27)28/h10-11,13-16H,2-9H2,1H3,(H,21,26)(H,22,25)(H,27,28)/t13-,14+,15-,16+/m1/s1. The minimum Gasteiger partial charge on any atom is -0.481 e. The highest BCUT2D eigenvalue weighted by Gasteiger charge is 2.55. The fourth-order valence-electron chi connectivity index (χ4n) is 4.88. The van der Waals surface area contributed by atoms with Gasteiger partial charge < -0.3 is 20.5 Å². The van der Waals surface area contributed by atoms with Crippen molar-refractivity contribution < 1.29 is 24.2 Å². The number of carbonyl (C=O) groups is 3. The summed E-state index contributed by atoms with van der Waals surface area (Å²) in [6, 6.07) is 0.127. The molecule has 3 fully saturated rings. The summed E-state index contributed by atoms with van der Waals surface area (Å²) in [5.74, 6) is -3.36. The number of carboxylic acid groups (broad SMARTS) is 1. The largest absolute Gasteiger partial charge is 0.481 e. The van der Waals surface area contributed by atoms with Crippen molar-refractivity contribution in [1.82, 2.24) is 15.1 Å². The molecule has 3 heterocycles. The zero-order valence-electron chi connectivity index (χ0n) is 16.6. The van der Waals surface area contributed by atoms with Gasteiger partial charge in [-0.2, -0.15) is 5.10 Å². The highest BCUT2D eigenvalue weighted by molar-refractivity contribution is 6.03. The van der Waals surface area contributed by atoms with E-state index in [1.165, 1.54) is 6.42 Å². The van der Waals surface area contributed by atoms with E-state index in [2.05, 4.69) is 15.7 Å². The van der Waals surface area contributed by atoms with Gasteiger partial charge in [0.2, 0.25) is 5.91 Å². The summed E-state index contributed by atoms with van der Waals surface area (Å²) in [6.07, 6.45) is 7.44. The molecule has 2 aliphatic heterocycles. The summed E-state index contributed by atoms with van der Waals surface area (Å²) in [6.45, 7) is 2.44. The van der Waals surface area contributed by atoms with E-state index in [4.69, 9.17) is 4.74 Å². The Hall–Kier alpha value is -2.42. The Kier molecular flexibility index (Phi) is 5.58. The van der Waals surface area contributed by atoms with Crippen LogP contribution in [0.3, 0.4) is 0 Å². The van der Waals surface area contributed by atoms with Gasteiger partial charge >= 0.3 is 5.97 Å². The summed E-state index contributed by atoms with van der Waals surface area (Å²) in [5, 5.41) is 19.7. The number of carbonyl (C=O) groups excluding carboxylic acids is 2. The first-order valence-electron chi connectivity index (χ1n) is 10.6. The number of carboxylic acids is 1. The van der Waals surface area contributed by atoms with Gasteiger partial charge in [0.05, 0.1) is 29.7 Å². The van der Waals surface area contributed by atoms with Gasteiger partial charge in [0.15, 0.2) is 5.69 Å². The van der Waals surface area contributed by atoms with Gasteiger partial charge in [0.1, 0.15) is 0 Å². The number of amides is 2. The third-order valence-electron chi connectivity index (χ3n) is 6.36. The van der Waals surface area contributed by atoms with Gasteiger partial charge in [-0.15, -0.1) is 0 Å². The summed E-state index contributed by atoms with van der Waals surface area (Å²) in [7, 11) is 0. The first-order valence-corrected chi connectivity index (χ1v) is 10.6. The Morgan fingerprint density at radius 1 is 1.14 bits per heavy atom. The van der Waals surface area contributed by atoms with Gasteiger partial charge in [-0.05, 0) is 32.6 Å². The molecule has 4 atom stereocenters. The molecule has 2 amide bonds. The summed E-state index contributed by atoms with van der Waals surface area (Å²) >= 11 is 0. The lowest BCUT2D eigenvalue weighted by Crippen LogP contribution is -2.41. The lowest BCUT2D eigenvalue weighted by atomic mass is 9.78. The molecule has 1 aliphatic carbocycles. The maximum absolute atomic E-state index is 13.0. The molecule has 4 rings (SSSR count). The topological polar surface area (TPSA) is 123 Å². The lowest BCUT2D eigenvalue weighted by molar-refractivity contribution is -0.147. The zero-order chi connectivity index (χ0) is 20.5. The Morgan fingerprint density at radius 2 is 1.83 bits per heavy atom. The fourth-order valence-corrected chi connectivity index (χ4v) is 4.88. The van der Waals surface area contributed by atoms with E-state index >= 15 is 0 Å². The summed E-state index contributed by atoms with van der Waals surface area (Å²) in [4.78, 5) is 37.4. The van der Waals surface area contributed by atoms with Crippen LogP contribution in [0.4, 0.5) is 5.69 Å². The number of aliphatic carboxylic acids is 1. The SMILES string of the molecule is CCn1cc(NC(=O)[C@H]2[C@@H](C(=O)O)[C@@H]3CC[C@H]2O3)c(C(=O)NC2CCCCC2)n1. The molecule has 9 nitrogen and oxygen atoms in total. The van der Waals surface area contributed by atoms with Crippen molar-refractivity contribution >= 4 is 23.5 Å². The van der Waals surface area contributed by atoms with Crippen LogP contribution in [0.1, 0.15) is 62.4 Å². The predicted molar refractivity (Wildman–Crippen MR) is 103 cm³/mol. The van der Waals surface area contributed by atoms with E-state index in [-0.39, 0.29) is 23.7 Å². The molecule has 2 saturated heterocycles. The Morgan fingerprint density at radius 3 is 2.48 bits per heavy atom. The summed E-state index contributed by atoms with van der Waals surface area (Å²) < 4.78 is 7.28. The van der Waals surface area contributed by atoms with Crippen molar-refractivity contribution in [3.63, 3.8) is 0 Å². The fraction of sp³-hybridized carbons (Fsp3) is 0.700. The molecular weight excluding hydrogens is 376 g/mol. The molecule has 3 N–H and O–H groups in total. The first-order chi connectivity index (χ1) is 14.0. The van der Waals surface area contributed by atoms with Crippen LogP contribution in [-0.4, -0.2) is 50.9 Å². The predicted octanol–water partition coefficient (Wildman–Crippen LogP) is 1.78. The van der Waals surface area contributed by atoms with E-state index in [0.717, 1.165) is 25.7 Å². The van der Waals surface area contributed by atoms with Crippen LogP contribution in [0.5, 0.6) is 0 Å². The monoisotopic (exact) mass is 404 g/mol. The average molecular weight is 404 g/mol. The van der Waals surface area contributed by atoms with Gasteiger partial charge in [0, 0.05) is 18.8 Å². The van der Waals surface area contributed by atoms with Crippen LogP contribution >= 0.6 is 0 Å². The number of anilines is 1. The third-order valence-corrected chi connectivity index (χ3v) is 6.36. The van der Waals surface area contributed by atoms with Gasteiger partial charge in [-0.3, -0.25) is 19.1 Å². The Labute approximate surface area is 169 Å². The van der Waals surface area contributed by atoms with E-state index in [9.17, 15) is 19.5 Å². The maximum atomic E-state index is 13.0. The maximum Gasteiger partial charge on any atom is 0.310 e. The van der Waals surface area contributed by atoms with Crippen molar-refractivity contribution in [3.05, 3.63) is 11.9 Å². The molecule has 9 heteroatoms. The van der Waals surface area contributed by atoms with Crippen LogP contribution in [0.25, 0.3) is 0 Å². The minimum atomic E-state index is -1.02. The molecule has 1 saturated carbocycles. The molecule has 0 spiro atoms. The van der Waals surface area contributed by atoms with Gasteiger partial charge in [-0.25, -0.2) is 0 Å². The highest BCUT2D eigenvalue weighted by atomic mass is 16.5. The van der Waals surface area contributed by atoms with E-state index in [1.54, 1.807) is 10.9 Å². The Bertz CT molecular complexity index is 801. The smallest absolute Gasteiger partial charge is 0.310 e. The van der Waals surface area contributed by atoms with Crippen LogP contribution in [0, 0.1) is 11.8 Å². The number of ether oxygens (including phenoxy) is 1. The molecule has 1 aromatic heterocycles. The molecule has 0 unspecified atom stereocenters. The zero-order valence-corrected chi connectivity index (χ0v) is 16.6. The number of aromatic nitrogens is 2. The van der Waals surface area contributed by atoms with Crippen molar-refractivity contribution in [2.75, 3.05) is 5.32 Å². The molecule has 29 heavy (non-hydrogen) atoms.